The van der Waals surface area contributed by atoms with Crippen molar-refractivity contribution in [2.75, 3.05) is 0 Å². The largest absolute Gasteiger partial charge is 0.133 e. The summed E-state index contributed by atoms with van der Waals surface area (Å²) >= 11 is 0. The minimum Gasteiger partial charge on any atom is -0.133 e. The minimum absolute atomic E-state index is 1.05. The van der Waals surface area contributed by atoms with Crippen LogP contribution in [0.15, 0.2) is 86.9 Å². The molecule has 0 rings (SSSR count). The van der Waals surface area contributed by atoms with Gasteiger partial charge in [-0.25, -0.2) is 0 Å². The van der Waals surface area contributed by atoms with Crippen LogP contribution in [0, 0.1) is 0 Å². The van der Waals surface area contributed by atoms with E-state index < -0.39 is 0 Å². The van der Waals surface area contributed by atoms with Crippen LogP contribution in [0.5, 0.6) is 0 Å². The first-order chi connectivity index (χ1) is 8.66. The van der Waals surface area contributed by atoms with E-state index in [9.17, 15) is 0 Å². The normalized spacial score (nSPS) is 6.17. The van der Waals surface area contributed by atoms with Gasteiger partial charge >= 0.3 is 0 Å². The van der Waals surface area contributed by atoms with Crippen molar-refractivity contribution in [1.82, 2.24) is 0 Å². The molecule has 0 aliphatic carbocycles. The van der Waals surface area contributed by atoms with Gasteiger partial charge in [-0.3, -0.25) is 0 Å². The van der Waals surface area contributed by atoms with Crippen LogP contribution in [0.2, 0.25) is 0 Å². The van der Waals surface area contributed by atoms with E-state index in [0.29, 0.717) is 0 Å². The molecule has 0 spiro atoms. The summed E-state index contributed by atoms with van der Waals surface area (Å²) in [6, 6.07) is 0. The molecule has 0 heterocycles. The summed E-state index contributed by atoms with van der Waals surface area (Å²) in [7, 11) is 0. The van der Waals surface area contributed by atoms with Crippen molar-refractivity contribution in [3.63, 3.8) is 0 Å². The molecule has 0 radical (unpaired) electrons. The highest BCUT2D eigenvalue weighted by Gasteiger charge is 1.49. The molecule has 0 N–H and O–H groups in total. The van der Waals surface area contributed by atoms with Gasteiger partial charge in [-0.15, -0.1) is 11.5 Å². The molecule has 0 aliphatic heterocycles. The standard InChI is InChI=1S/2C5H8.2C4H6/c2*1-3-5-4-2;2*1-3-4-2/h5H,1,4H2,2H3;3-5H,1H2,2H3;4H,1H2,2H3;3-4H,1-2H2. The first kappa shape index (κ1) is 25.0. The molecule has 0 fully saturated rings. The van der Waals surface area contributed by atoms with E-state index in [1.165, 1.54) is 0 Å². The molecule has 0 saturated carbocycles. The molecule has 0 unspecified atom stereocenters. The summed E-state index contributed by atoms with van der Waals surface area (Å²) < 4.78 is 0. The van der Waals surface area contributed by atoms with Crippen LogP contribution in [-0.2, 0) is 0 Å². The van der Waals surface area contributed by atoms with E-state index in [2.05, 4.69) is 51.3 Å². The Hall–Kier alpha value is -2.00. The first-order valence-electron chi connectivity index (χ1n) is 5.78. The van der Waals surface area contributed by atoms with E-state index in [-0.39, 0.29) is 0 Å². The smallest absolute Gasteiger partial charge is 0.0303 e. The minimum atomic E-state index is 1.05. The van der Waals surface area contributed by atoms with Crippen LogP contribution in [0.25, 0.3) is 0 Å². The Bertz CT molecular complexity index is 271. The van der Waals surface area contributed by atoms with Crippen molar-refractivity contribution in [3.8, 4) is 0 Å². The van der Waals surface area contributed by atoms with Gasteiger partial charge in [0.05, 0.1) is 0 Å². The maximum atomic E-state index is 3.46. The lowest BCUT2D eigenvalue weighted by molar-refractivity contribution is 1.23. The van der Waals surface area contributed by atoms with Gasteiger partial charge in [0, 0.05) is 0 Å². The van der Waals surface area contributed by atoms with Crippen molar-refractivity contribution < 1.29 is 0 Å². The van der Waals surface area contributed by atoms with Gasteiger partial charge in [-0.05, 0) is 32.4 Å². The molecule has 0 aromatic rings. The molecule has 0 amide bonds. The van der Waals surface area contributed by atoms with Crippen LogP contribution in [0.1, 0.15) is 27.2 Å². The summed E-state index contributed by atoms with van der Waals surface area (Å²) in [5, 5.41) is 0. The van der Waals surface area contributed by atoms with Crippen molar-refractivity contribution >= 4 is 0 Å². The fourth-order valence-corrected chi connectivity index (χ4v) is 0.280. The Labute approximate surface area is 114 Å². The topological polar surface area (TPSA) is 0 Å². The Kier molecular flexibility index (Phi) is 63.8. The summed E-state index contributed by atoms with van der Waals surface area (Å²) in [4.78, 5) is 0. The molecule has 0 bridgehead atoms. The third-order valence-electron chi connectivity index (χ3n) is 1.05. The second-order valence-corrected chi connectivity index (χ2v) is 2.54. The Balaban J connectivity index is -0.0000000731. The zero-order valence-electron chi connectivity index (χ0n) is 12.3. The zero-order chi connectivity index (χ0) is 15.1. The van der Waals surface area contributed by atoms with Gasteiger partial charge in [-0.2, -0.15) is 0 Å². The molecule has 0 nitrogen and oxygen atoms in total. The van der Waals surface area contributed by atoms with Gasteiger partial charge in [0.1, 0.15) is 0 Å². The van der Waals surface area contributed by atoms with Crippen molar-refractivity contribution in [2.24, 2.45) is 0 Å². The summed E-state index contributed by atoms with van der Waals surface area (Å²) in [5.41, 5.74) is 5.20. The molecule has 0 aromatic heterocycles. The highest BCUT2D eigenvalue weighted by molar-refractivity contribution is 4.94. The van der Waals surface area contributed by atoms with Crippen molar-refractivity contribution in [3.05, 3.63) is 86.9 Å². The Morgan fingerprint density at radius 3 is 1.33 bits per heavy atom. The fourth-order valence-electron chi connectivity index (χ4n) is 0.280. The number of allylic oxidation sites excluding steroid dienone is 7. The second-order valence-electron chi connectivity index (χ2n) is 2.54. The number of rotatable bonds is 3. The number of hydrogen-bond acceptors (Lipinski definition) is 0. The van der Waals surface area contributed by atoms with Gasteiger partial charge in [0.15, 0.2) is 0 Å². The molecule has 0 aliphatic rings. The number of hydrogen-bond donors (Lipinski definition) is 0. The molecule has 18 heavy (non-hydrogen) atoms. The second kappa shape index (κ2) is 45.9. The molecule has 100 valence electrons. The van der Waals surface area contributed by atoms with Crippen LogP contribution < -0.4 is 0 Å². The van der Waals surface area contributed by atoms with E-state index >= 15 is 0 Å². The maximum absolute atomic E-state index is 3.46. The lowest BCUT2D eigenvalue weighted by atomic mass is 10.5. The fraction of sp³-hybridized carbons (Fsp3) is 0.222. The predicted octanol–water partition coefficient (Wildman–Crippen LogP) is 6.19. The van der Waals surface area contributed by atoms with Crippen LogP contribution in [-0.4, -0.2) is 0 Å². The average Bonchev–Trinajstić information content (AvgIpc) is 2.42. The summed E-state index contributed by atoms with van der Waals surface area (Å²) in [6.45, 7) is 22.8. The van der Waals surface area contributed by atoms with E-state index in [1.807, 2.05) is 32.1 Å². The average molecular weight is 244 g/mol. The van der Waals surface area contributed by atoms with Crippen molar-refractivity contribution in [1.29, 1.82) is 0 Å². The van der Waals surface area contributed by atoms with Gasteiger partial charge in [-0.1, -0.05) is 70.2 Å². The lowest BCUT2D eigenvalue weighted by Crippen LogP contribution is -1.39. The molecule has 0 atom stereocenters. The van der Waals surface area contributed by atoms with Gasteiger partial charge in [0.2, 0.25) is 0 Å². The third-order valence-corrected chi connectivity index (χ3v) is 1.05. The quantitative estimate of drug-likeness (QED) is 0.410. The SMILES string of the molecule is C=C=CC.C=C=CCC.C=CC=C.C=CC=CC. The third kappa shape index (κ3) is 148. The van der Waals surface area contributed by atoms with Crippen LogP contribution in [0.4, 0.5) is 0 Å². The molecular weight excluding hydrogens is 216 g/mol. The lowest BCUT2D eigenvalue weighted by Gasteiger charge is -1.59. The Morgan fingerprint density at radius 2 is 1.33 bits per heavy atom. The molecule has 0 saturated heterocycles. The molecule has 0 heteroatoms. The van der Waals surface area contributed by atoms with E-state index in [0.717, 1.165) is 6.42 Å². The van der Waals surface area contributed by atoms with Crippen molar-refractivity contribution in [2.45, 2.75) is 27.2 Å². The van der Waals surface area contributed by atoms with Crippen LogP contribution >= 0.6 is 0 Å². The molecule has 0 aromatic carbocycles. The highest BCUT2D eigenvalue weighted by Crippen LogP contribution is 1.69. The summed E-state index contributed by atoms with van der Waals surface area (Å²) in [6.07, 6.45) is 13.6. The maximum Gasteiger partial charge on any atom is -0.0303 e. The van der Waals surface area contributed by atoms with E-state index in [1.54, 1.807) is 24.3 Å². The predicted molar refractivity (Wildman–Crippen MR) is 88.8 cm³/mol. The summed E-state index contributed by atoms with van der Waals surface area (Å²) in [5.74, 6) is 0. The van der Waals surface area contributed by atoms with Gasteiger partial charge in [0.25, 0.3) is 0 Å². The Morgan fingerprint density at radius 1 is 0.889 bits per heavy atom. The highest BCUT2D eigenvalue weighted by atomic mass is 13.6. The zero-order valence-corrected chi connectivity index (χ0v) is 12.3. The van der Waals surface area contributed by atoms with Gasteiger partial charge < -0.3 is 0 Å². The van der Waals surface area contributed by atoms with E-state index in [4.69, 9.17) is 0 Å². The molecular formula is C18H28. The monoisotopic (exact) mass is 244 g/mol. The van der Waals surface area contributed by atoms with Crippen LogP contribution in [0.3, 0.4) is 0 Å². The first-order valence-corrected chi connectivity index (χ1v) is 5.78.